The molecule has 0 unspecified atom stereocenters. The number of hydrogen-bond donors (Lipinski definition) is 1. The molecule has 1 amide bonds. The number of para-hydroxylation sites is 2. The molecule has 1 N–H and O–H groups in total. The van der Waals surface area contributed by atoms with E-state index in [1.807, 2.05) is 55.5 Å². The van der Waals surface area contributed by atoms with Gasteiger partial charge in [0.2, 0.25) is 5.91 Å². The van der Waals surface area contributed by atoms with Crippen molar-refractivity contribution in [2.75, 3.05) is 34.0 Å². The van der Waals surface area contributed by atoms with Crippen LogP contribution in [0.3, 0.4) is 0 Å². The summed E-state index contributed by atoms with van der Waals surface area (Å²) in [7, 11) is 3.18. The Balaban J connectivity index is 1.53. The van der Waals surface area contributed by atoms with Crippen LogP contribution in [0.2, 0.25) is 0 Å². The summed E-state index contributed by atoms with van der Waals surface area (Å²) in [6.45, 7) is 4.17. The van der Waals surface area contributed by atoms with Crippen molar-refractivity contribution in [1.29, 1.82) is 0 Å². The second kappa shape index (κ2) is 13.4. The molecule has 0 spiro atoms. The number of nitrogens with zero attached hydrogens (tertiary/aromatic N) is 2. The number of allylic oxidation sites excluding steroid dienone is 1. The average Bonchev–Trinajstić information content (AvgIpc) is 3.20. The van der Waals surface area contributed by atoms with Crippen molar-refractivity contribution in [2.24, 2.45) is 0 Å². The predicted octanol–water partition coefficient (Wildman–Crippen LogP) is 4.63. The van der Waals surface area contributed by atoms with E-state index in [0.29, 0.717) is 13.2 Å². The molecule has 0 aliphatic rings. The number of carbonyl (C=O) groups excluding carboxylic acids is 1. The summed E-state index contributed by atoms with van der Waals surface area (Å²) in [4.78, 5) is 16.4. The largest absolute Gasteiger partial charge is 0.493 e. The quantitative estimate of drug-likeness (QED) is 0.351. The van der Waals surface area contributed by atoms with Gasteiger partial charge in [0.05, 0.1) is 24.8 Å². The molecule has 182 valence electrons. The highest BCUT2D eigenvalue weighted by Crippen LogP contribution is 2.29. The normalized spacial score (nSPS) is 11.3. The first-order valence-corrected chi connectivity index (χ1v) is 11.8. The molecule has 1 aromatic heterocycles. The van der Waals surface area contributed by atoms with Crippen LogP contribution < -0.4 is 14.8 Å². The minimum atomic E-state index is -0.0934. The monoisotopic (exact) mass is 465 g/mol. The summed E-state index contributed by atoms with van der Waals surface area (Å²) in [5.74, 6) is 2.46. The van der Waals surface area contributed by atoms with Gasteiger partial charge in [-0.15, -0.1) is 0 Å². The number of unbranched alkanes of at least 4 members (excludes halogenated alkanes) is 1. The van der Waals surface area contributed by atoms with Crippen LogP contribution in [0.5, 0.6) is 11.5 Å². The zero-order chi connectivity index (χ0) is 24.2. The van der Waals surface area contributed by atoms with E-state index in [4.69, 9.17) is 19.2 Å². The van der Waals surface area contributed by atoms with E-state index in [1.165, 1.54) is 7.11 Å². The molecule has 1 heterocycles. The van der Waals surface area contributed by atoms with E-state index < -0.39 is 0 Å². The fourth-order valence-corrected chi connectivity index (χ4v) is 3.88. The van der Waals surface area contributed by atoms with Crippen LogP contribution in [0.4, 0.5) is 0 Å². The van der Waals surface area contributed by atoms with Crippen LogP contribution in [0.25, 0.3) is 17.1 Å². The first kappa shape index (κ1) is 25.3. The number of fused-ring (bicyclic) bond motifs is 1. The third-order valence-electron chi connectivity index (χ3n) is 5.49. The molecule has 7 nitrogen and oxygen atoms in total. The molecule has 0 atom stereocenters. The van der Waals surface area contributed by atoms with Crippen molar-refractivity contribution >= 4 is 23.0 Å². The maximum atomic E-state index is 11.6. The molecule has 3 aromatic rings. The number of nitrogens with one attached hydrogen (secondary N) is 1. The summed E-state index contributed by atoms with van der Waals surface area (Å²) < 4.78 is 18.6. The Morgan fingerprint density at radius 1 is 1.09 bits per heavy atom. The Labute approximate surface area is 201 Å². The number of aromatic nitrogens is 2. The highest BCUT2D eigenvalue weighted by Gasteiger charge is 2.11. The summed E-state index contributed by atoms with van der Waals surface area (Å²) in [6, 6.07) is 14.2. The number of imidazole rings is 1. The molecule has 34 heavy (non-hydrogen) atoms. The van der Waals surface area contributed by atoms with Gasteiger partial charge in [0, 0.05) is 26.6 Å². The fraction of sp³-hybridized carbons (Fsp3) is 0.407. The third-order valence-corrected chi connectivity index (χ3v) is 5.49. The molecular formula is C27H35N3O4. The first-order chi connectivity index (χ1) is 16.7. The number of rotatable bonds is 14. The Bertz CT molecular complexity index is 1090. The topological polar surface area (TPSA) is 74.6 Å². The number of ether oxygens (including phenoxy) is 3. The Hall–Kier alpha value is -3.32. The molecular weight excluding hydrogens is 430 g/mol. The van der Waals surface area contributed by atoms with Crippen LogP contribution in [0.15, 0.2) is 48.5 Å². The number of hydrogen-bond acceptors (Lipinski definition) is 5. The van der Waals surface area contributed by atoms with Gasteiger partial charge in [-0.2, -0.15) is 0 Å². The molecule has 0 saturated heterocycles. The van der Waals surface area contributed by atoms with Crippen molar-refractivity contribution < 1.29 is 19.0 Å². The predicted molar refractivity (Wildman–Crippen MR) is 135 cm³/mol. The Morgan fingerprint density at radius 2 is 1.94 bits per heavy atom. The van der Waals surface area contributed by atoms with Crippen molar-refractivity contribution in [3.63, 3.8) is 0 Å². The zero-order valence-corrected chi connectivity index (χ0v) is 20.4. The lowest BCUT2D eigenvalue weighted by molar-refractivity contribution is -0.124. The lowest BCUT2D eigenvalue weighted by Crippen LogP contribution is -2.28. The van der Waals surface area contributed by atoms with Crippen LogP contribution in [0.1, 0.15) is 37.6 Å². The molecule has 0 aliphatic carbocycles. The summed E-state index contributed by atoms with van der Waals surface area (Å²) >= 11 is 0. The summed E-state index contributed by atoms with van der Waals surface area (Å²) in [6.07, 6.45) is 7.54. The van der Waals surface area contributed by atoms with E-state index in [1.54, 1.807) is 7.11 Å². The second-order valence-electron chi connectivity index (χ2n) is 8.02. The third kappa shape index (κ3) is 7.09. The molecule has 0 saturated carbocycles. The van der Waals surface area contributed by atoms with E-state index >= 15 is 0 Å². The summed E-state index contributed by atoms with van der Waals surface area (Å²) in [5.41, 5.74) is 3.23. The lowest BCUT2D eigenvalue weighted by atomic mass is 10.2. The summed E-state index contributed by atoms with van der Waals surface area (Å²) in [5, 5.41) is 2.87. The van der Waals surface area contributed by atoms with Gasteiger partial charge in [0.1, 0.15) is 12.4 Å². The van der Waals surface area contributed by atoms with Gasteiger partial charge in [0.15, 0.2) is 11.5 Å². The first-order valence-electron chi connectivity index (χ1n) is 11.8. The standard InChI is InChI=1S/C27H35N3O4/c1-4-10-21-14-15-24(25(19-21)33-3)34-18-8-7-17-30-23-12-6-5-11-22(23)29-26(30)13-9-16-28-27(31)20-32-2/h4-6,10-12,14-15,19H,7-9,13,16-18,20H2,1-3H3,(H,28,31)/b10-4+. The Morgan fingerprint density at radius 3 is 2.74 bits per heavy atom. The second-order valence-corrected chi connectivity index (χ2v) is 8.02. The van der Waals surface area contributed by atoms with Crippen LogP contribution >= 0.6 is 0 Å². The van der Waals surface area contributed by atoms with Gasteiger partial charge in [-0.25, -0.2) is 4.98 Å². The number of amides is 1. The van der Waals surface area contributed by atoms with Gasteiger partial charge >= 0.3 is 0 Å². The average molecular weight is 466 g/mol. The maximum absolute atomic E-state index is 11.6. The van der Waals surface area contributed by atoms with Gasteiger partial charge in [-0.1, -0.05) is 30.4 Å². The number of methoxy groups -OCH3 is 2. The minimum Gasteiger partial charge on any atom is -0.493 e. The number of benzene rings is 2. The van der Waals surface area contributed by atoms with E-state index in [-0.39, 0.29) is 12.5 Å². The molecule has 0 aliphatic heterocycles. The maximum Gasteiger partial charge on any atom is 0.245 e. The molecule has 0 bridgehead atoms. The van der Waals surface area contributed by atoms with Gasteiger partial charge in [-0.3, -0.25) is 4.79 Å². The van der Waals surface area contributed by atoms with Crippen molar-refractivity contribution in [2.45, 2.75) is 39.2 Å². The van der Waals surface area contributed by atoms with E-state index in [0.717, 1.165) is 66.1 Å². The highest BCUT2D eigenvalue weighted by atomic mass is 16.5. The highest BCUT2D eigenvalue weighted by molar-refractivity contribution is 5.77. The molecule has 0 radical (unpaired) electrons. The van der Waals surface area contributed by atoms with Gasteiger partial charge < -0.3 is 24.1 Å². The lowest BCUT2D eigenvalue weighted by Gasteiger charge is -2.12. The SMILES string of the molecule is C/C=C/c1ccc(OCCCCn2c(CCCNC(=O)COC)nc3ccccc32)c(OC)c1. The van der Waals surface area contributed by atoms with E-state index in [2.05, 4.69) is 16.0 Å². The molecule has 7 heteroatoms. The minimum absolute atomic E-state index is 0.0897. The molecule has 3 rings (SSSR count). The smallest absolute Gasteiger partial charge is 0.245 e. The van der Waals surface area contributed by atoms with Crippen molar-refractivity contribution in [3.05, 3.63) is 59.9 Å². The molecule has 0 fully saturated rings. The van der Waals surface area contributed by atoms with Crippen molar-refractivity contribution in [1.82, 2.24) is 14.9 Å². The van der Waals surface area contributed by atoms with Gasteiger partial charge in [-0.05, 0) is 56.0 Å². The Kier molecular flexibility index (Phi) is 9.98. The van der Waals surface area contributed by atoms with E-state index in [9.17, 15) is 4.79 Å². The van der Waals surface area contributed by atoms with Crippen LogP contribution in [0, 0.1) is 0 Å². The fourth-order valence-electron chi connectivity index (χ4n) is 3.88. The zero-order valence-electron chi connectivity index (χ0n) is 20.4. The number of carbonyl (C=O) groups is 1. The van der Waals surface area contributed by atoms with Crippen LogP contribution in [-0.2, 0) is 22.5 Å². The van der Waals surface area contributed by atoms with Gasteiger partial charge in [0.25, 0.3) is 0 Å². The number of aryl methyl sites for hydroxylation is 2. The van der Waals surface area contributed by atoms with Crippen molar-refractivity contribution in [3.8, 4) is 11.5 Å². The molecule has 2 aromatic carbocycles. The van der Waals surface area contributed by atoms with Crippen LogP contribution in [-0.4, -0.2) is 49.4 Å².